The molecule has 2 amide bonds. The third-order valence-corrected chi connectivity index (χ3v) is 3.20. The maximum Gasteiger partial charge on any atom is 0.272 e. The summed E-state index contributed by atoms with van der Waals surface area (Å²) in [6.07, 6.45) is 6.89. The van der Waals surface area contributed by atoms with Crippen LogP contribution in [0.2, 0.25) is 5.02 Å². The van der Waals surface area contributed by atoms with E-state index in [1.54, 1.807) is 25.1 Å². The van der Waals surface area contributed by atoms with Gasteiger partial charge < -0.3 is 22.1 Å². The van der Waals surface area contributed by atoms with Gasteiger partial charge in [-0.05, 0) is 25.1 Å². The van der Waals surface area contributed by atoms with Gasteiger partial charge in [-0.3, -0.25) is 15.0 Å². The van der Waals surface area contributed by atoms with Crippen molar-refractivity contribution in [3.63, 3.8) is 0 Å². The number of nitrogens with two attached hydrogens (primary N) is 2. The van der Waals surface area contributed by atoms with Crippen LogP contribution in [0.4, 0.5) is 5.82 Å². The molecule has 0 atom stereocenters. The minimum absolute atomic E-state index is 0.0227. The van der Waals surface area contributed by atoms with Crippen LogP contribution in [0.1, 0.15) is 6.92 Å². The number of carbonyl (C=O) groups is 2. The predicted octanol–water partition coefficient (Wildman–Crippen LogP) is 1.58. The quantitative estimate of drug-likeness (QED) is 0.203. The fourth-order valence-electron chi connectivity index (χ4n) is 1.82. The van der Waals surface area contributed by atoms with Gasteiger partial charge in [-0.1, -0.05) is 30.3 Å². The lowest BCUT2D eigenvalue weighted by Crippen LogP contribution is -2.31. The molecule has 26 heavy (non-hydrogen) atoms. The summed E-state index contributed by atoms with van der Waals surface area (Å²) in [6, 6.07) is 3.20. The number of hydrogen-bond donors (Lipinski definition) is 5. The Morgan fingerprint density at radius 1 is 1.38 bits per heavy atom. The molecule has 8 nitrogen and oxygen atoms in total. The molecule has 0 aliphatic rings. The number of anilines is 1. The van der Waals surface area contributed by atoms with E-state index in [0.717, 1.165) is 6.08 Å². The highest BCUT2D eigenvalue weighted by molar-refractivity contribution is 6.33. The zero-order valence-electron chi connectivity index (χ0n) is 14.0. The van der Waals surface area contributed by atoms with Crippen LogP contribution in [0, 0.1) is 5.41 Å². The number of amidine groups is 1. The number of primary amides is 1. The third-order valence-electron chi connectivity index (χ3n) is 2.90. The zero-order chi connectivity index (χ0) is 19.7. The van der Waals surface area contributed by atoms with Crippen LogP contribution in [-0.2, 0) is 9.59 Å². The Morgan fingerprint density at radius 2 is 2.08 bits per heavy atom. The van der Waals surface area contributed by atoms with E-state index in [4.69, 9.17) is 28.5 Å². The number of allylic oxidation sites excluding steroid dienone is 2. The Kier molecular flexibility index (Phi) is 7.78. The molecular formula is C17H19ClN6O2. The molecule has 0 aliphatic carbocycles. The normalized spacial score (nSPS) is 12.3. The highest BCUT2D eigenvalue weighted by Crippen LogP contribution is 2.19. The minimum Gasteiger partial charge on any atom is -0.384 e. The van der Waals surface area contributed by atoms with Crippen molar-refractivity contribution in [3.8, 4) is 0 Å². The van der Waals surface area contributed by atoms with Gasteiger partial charge in [0, 0.05) is 12.3 Å². The number of rotatable bonds is 8. The number of halogens is 1. The highest BCUT2D eigenvalue weighted by atomic mass is 35.5. The fraction of sp³-hybridized carbons (Fsp3) is 0.0588. The van der Waals surface area contributed by atoms with Gasteiger partial charge in [0.05, 0.1) is 16.3 Å². The molecule has 0 saturated carbocycles. The smallest absolute Gasteiger partial charge is 0.272 e. The van der Waals surface area contributed by atoms with E-state index in [1.165, 1.54) is 18.3 Å². The second kappa shape index (κ2) is 9.80. The van der Waals surface area contributed by atoms with E-state index in [9.17, 15) is 9.59 Å². The number of hydrogen-bond acceptors (Lipinski definition) is 5. The Balaban J connectivity index is 3.25. The monoisotopic (exact) mass is 374 g/mol. The summed E-state index contributed by atoms with van der Waals surface area (Å²) in [4.78, 5) is 28.1. The van der Waals surface area contributed by atoms with Gasteiger partial charge in [-0.25, -0.2) is 4.98 Å². The number of nitrogens with one attached hydrogen (secondary N) is 3. The topological polar surface area (TPSA) is 147 Å². The van der Waals surface area contributed by atoms with Crippen molar-refractivity contribution >= 4 is 35.1 Å². The van der Waals surface area contributed by atoms with E-state index < -0.39 is 11.8 Å². The van der Waals surface area contributed by atoms with Gasteiger partial charge in [0.1, 0.15) is 17.4 Å². The SMILES string of the molecule is C=C/C(C(N)=O)=C(\C=C/C)NC(=O)/C(=C/C(=N)N)Nc1ncccc1Cl. The largest absolute Gasteiger partial charge is 0.384 e. The first-order valence-corrected chi connectivity index (χ1v) is 7.71. The predicted molar refractivity (Wildman–Crippen MR) is 102 cm³/mol. The number of aromatic nitrogens is 1. The molecule has 0 unspecified atom stereocenters. The Hall–Kier alpha value is -3.39. The van der Waals surface area contributed by atoms with Crippen LogP contribution >= 0.6 is 11.6 Å². The van der Waals surface area contributed by atoms with Gasteiger partial charge in [-0.2, -0.15) is 0 Å². The van der Waals surface area contributed by atoms with Crippen molar-refractivity contribution in [1.82, 2.24) is 10.3 Å². The molecule has 0 aromatic carbocycles. The number of amides is 2. The average molecular weight is 375 g/mol. The molecule has 0 spiro atoms. The molecule has 0 saturated heterocycles. The zero-order valence-corrected chi connectivity index (χ0v) is 14.8. The number of pyridine rings is 1. The maximum atomic E-state index is 12.6. The molecule has 0 fully saturated rings. The van der Waals surface area contributed by atoms with Crippen molar-refractivity contribution in [2.75, 3.05) is 5.32 Å². The standard InChI is InChI=1S/C17H19ClN6O2/c1-3-6-12(10(4-2)15(21)25)24-17(26)13(9-14(19)20)23-16-11(18)7-5-8-22-16/h3-9H,2H2,1H3,(H3,19,20)(H2,21,25)(H,22,23)(H,24,26)/b6-3-,12-10-,13-9-. The lowest BCUT2D eigenvalue weighted by Gasteiger charge is -2.14. The highest BCUT2D eigenvalue weighted by Gasteiger charge is 2.16. The summed E-state index contributed by atoms with van der Waals surface area (Å²) in [7, 11) is 0. The van der Waals surface area contributed by atoms with E-state index >= 15 is 0 Å². The second-order valence-corrected chi connectivity index (χ2v) is 5.23. The average Bonchev–Trinajstić information content (AvgIpc) is 2.56. The summed E-state index contributed by atoms with van der Waals surface area (Å²) in [5, 5.41) is 12.9. The molecule has 1 aromatic heterocycles. The van der Waals surface area contributed by atoms with Crippen molar-refractivity contribution in [2.24, 2.45) is 11.5 Å². The van der Waals surface area contributed by atoms with Crippen LogP contribution < -0.4 is 22.1 Å². The lowest BCUT2D eigenvalue weighted by atomic mass is 10.1. The van der Waals surface area contributed by atoms with E-state index in [2.05, 4.69) is 22.2 Å². The molecule has 1 aromatic rings. The lowest BCUT2D eigenvalue weighted by molar-refractivity contribution is -0.116. The first-order valence-electron chi connectivity index (χ1n) is 7.34. The van der Waals surface area contributed by atoms with Crippen LogP contribution in [0.5, 0.6) is 0 Å². The summed E-state index contributed by atoms with van der Waals surface area (Å²) < 4.78 is 0. The van der Waals surface area contributed by atoms with Gasteiger partial charge in [0.25, 0.3) is 11.8 Å². The molecule has 0 radical (unpaired) electrons. The van der Waals surface area contributed by atoms with Gasteiger partial charge in [-0.15, -0.1) is 0 Å². The van der Waals surface area contributed by atoms with Gasteiger partial charge >= 0.3 is 0 Å². The summed E-state index contributed by atoms with van der Waals surface area (Å²) >= 11 is 6.02. The third kappa shape index (κ3) is 5.91. The van der Waals surface area contributed by atoms with Crippen LogP contribution in [0.25, 0.3) is 0 Å². The van der Waals surface area contributed by atoms with Crippen LogP contribution in [0.3, 0.4) is 0 Å². The number of carbonyl (C=O) groups excluding carboxylic acids is 2. The fourth-order valence-corrected chi connectivity index (χ4v) is 1.99. The maximum absolute atomic E-state index is 12.6. The Labute approximate surface area is 155 Å². The second-order valence-electron chi connectivity index (χ2n) is 4.82. The van der Waals surface area contributed by atoms with Crippen LogP contribution in [-0.4, -0.2) is 22.6 Å². The first kappa shape index (κ1) is 20.7. The summed E-state index contributed by atoms with van der Waals surface area (Å²) in [6.45, 7) is 5.21. The molecular weight excluding hydrogens is 356 g/mol. The van der Waals surface area contributed by atoms with Gasteiger partial charge in [0.2, 0.25) is 0 Å². The van der Waals surface area contributed by atoms with Crippen molar-refractivity contribution in [1.29, 1.82) is 5.41 Å². The molecule has 0 aliphatic heterocycles. The molecule has 136 valence electrons. The van der Waals surface area contributed by atoms with Crippen molar-refractivity contribution in [2.45, 2.75) is 6.92 Å². The van der Waals surface area contributed by atoms with Crippen LogP contribution in [0.15, 0.2) is 66.2 Å². The summed E-state index contributed by atoms with van der Waals surface area (Å²) in [5.41, 5.74) is 10.7. The molecule has 9 heteroatoms. The Bertz CT molecular complexity index is 826. The Morgan fingerprint density at radius 3 is 2.58 bits per heavy atom. The first-order chi connectivity index (χ1) is 12.3. The van der Waals surface area contributed by atoms with E-state index in [0.29, 0.717) is 0 Å². The van der Waals surface area contributed by atoms with Crippen molar-refractivity contribution < 1.29 is 9.59 Å². The van der Waals surface area contributed by atoms with E-state index in [1.807, 2.05) is 0 Å². The number of nitrogens with zero attached hydrogens (tertiary/aromatic N) is 1. The summed E-state index contributed by atoms with van der Waals surface area (Å²) in [5.74, 6) is -1.61. The molecule has 1 rings (SSSR count). The van der Waals surface area contributed by atoms with Gasteiger partial charge in [0.15, 0.2) is 0 Å². The minimum atomic E-state index is -0.758. The molecule has 1 heterocycles. The van der Waals surface area contributed by atoms with E-state index in [-0.39, 0.29) is 33.6 Å². The van der Waals surface area contributed by atoms with Crippen molar-refractivity contribution in [3.05, 3.63) is 71.2 Å². The molecule has 7 N–H and O–H groups in total. The molecule has 0 bridgehead atoms.